The highest BCUT2D eigenvalue weighted by Crippen LogP contribution is 2.22. The van der Waals surface area contributed by atoms with Crippen molar-refractivity contribution in [1.29, 1.82) is 0 Å². The second-order valence-electron chi connectivity index (χ2n) is 4.69. The molecule has 0 bridgehead atoms. The molecule has 2 aromatic carbocycles. The van der Waals surface area contributed by atoms with Crippen molar-refractivity contribution in [1.82, 2.24) is 0 Å². The molecule has 0 spiro atoms. The van der Waals surface area contributed by atoms with E-state index in [2.05, 4.69) is 6.92 Å². The van der Waals surface area contributed by atoms with E-state index in [9.17, 15) is 10.0 Å². The Bertz CT molecular complexity index is 599. The van der Waals surface area contributed by atoms with Crippen molar-refractivity contribution in [3.05, 3.63) is 53.6 Å². The summed E-state index contributed by atoms with van der Waals surface area (Å²) in [4.78, 5) is 0. The monoisotopic (exact) mass is 286 g/mol. The lowest BCUT2D eigenvalue weighted by Gasteiger charge is -2.14. The van der Waals surface area contributed by atoms with E-state index in [1.54, 1.807) is 25.3 Å². The normalized spacial score (nSPS) is 10.3. The van der Waals surface area contributed by atoms with Crippen molar-refractivity contribution in [3.8, 4) is 11.5 Å². The van der Waals surface area contributed by atoms with Gasteiger partial charge in [-0.15, -0.1) is 0 Å². The minimum atomic E-state index is -1.50. The van der Waals surface area contributed by atoms with Gasteiger partial charge in [0.05, 0.1) is 7.11 Å². The van der Waals surface area contributed by atoms with Crippen LogP contribution in [0.4, 0.5) is 0 Å². The smallest absolute Gasteiger partial charge is 0.488 e. The van der Waals surface area contributed by atoms with Gasteiger partial charge in [-0.1, -0.05) is 37.3 Å². The van der Waals surface area contributed by atoms with Gasteiger partial charge in [0.25, 0.3) is 0 Å². The number of aryl methyl sites for hydroxylation is 1. The summed E-state index contributed by atoms with van der Waals surface area (Å²) in [6.07, 6.45) is 0.892. The van der Waals surface area contributed by atoms with Gasteiger partial charge in [-0.2, -0.15) is 0 Å². The second-order valence-corrected chi connectivity index (χ2v) is 4.69. The fourth-order valence-corrected chi connectivity index (χ4v) is 2.16. The number of hydrogen-bond donors (Lipinski definition) is 2. The fraction of sp³-hybridized carbons (Fsp3) is 0.250. The average molecular weight is 286 g/mol. The molecule has 0 unspecified atom stereocenters. The number of methoxy groups -OCH3 is 1. The molecule has 2 N–H and O–H groups in total. The predicted octanol–water partition coefficient (Wildman–Crippen LogP) is 1.52. The minimum Gasteiger partial charge on any atom is -0.496 e. The van der Waals surface area contributed by atoms with Crippen molar-refractivity contribution >= 4 is 12.6 Å². The second kappa shape index (κ2) is 7.15. The third-order valence-corrected chi connectivity index (χ3v) is 3.34. The molecule has 4 nitrogen and oxygen atoms in total. The standard InChI is InChI=1S/C16H19BO4/c1-3-12-6-4-5-7-16(12)21-11-13-10-14(17(18)19)8-9-15(13)20-2/h4-10,18-19H,3,11H2,1-2H3. The molecule has 0 saturated carbocycles. The van der Waals surface area contributed by atoms with E-state index < -0.39 is 7.12 Å². The van der Waals surface area contributed by atoms with Crippen LogP contribution in [0.15, 0.2) is 42.5 Å². The van der Waals surface area contributed by atoms with Crippen LogP contribution in [0.3, 0.4) is 0 Å². The van der Waals surface area contributed by atoms with Gasteiger partial charge in [0.1, 0.15) is 18.1 Å². The Hall–Kier alpha value is -1.98. The maximum Gasteiger partial charge on any atom is 0.488 e. The Morgan fingerprint density at radius 3 is 2.43 bits per heavy atom. The summed E-state index contributed by atoms with van der Waals surface area (Å²) in [5.41, 5.74) is 2.32. The van der Waals surface area contributed by atoms with E-state index >= 15 is 0 Å². The van der Waals surface area contributed by atoms with Gasteiger partial charge in [0, 0.05) is 5.56 Å². The van der Waals surface area contributed by atoms with Crippen LogP contribution in [0.2, 0.25) is 0 Å². The van der Waals surface area contributed by atoms with Crippen LogP contribution in [-0.2, 0) is 13.0 Å². The zero-order chi connectivity index (χ0) is 15.2. The van der Waals surface area contributed by atoms with E-state index in [1.807, 2.05) is 24.3 Å². The maximum absolute atomic E-state index is 9.25. The molecule has 21 heavy (non-hydrogen) atoms. The molecule has 0 aliphatic carbocycles. The van der Waals surface area contributed by atoms with E-state index in [0.29, 0.717) is 17.8 Å². The fourth-order valence-electron chi connectivity index (χ4n) is 2.16. The molecular formula is C16H19BO4. The minimum absolute atomic E-state index is 0.306. The van der Waals surface area contributed by atoms with Crippen LogP contribution in [0, 0.1) is 0 Å². The first kappa shape index (κ1) is 15.4. The summed E-state index contributed by atoms with van der Waals surface area (Å²) < 4.78 is 11.1. The first-order valence-corrected chi connectivity index (χ1v) is 6.89. The van der Waals surface area contributed by atoms with E-state index in [1.165, 1.54) is 0 Å². The van der Waals surface area contributed by atoms with Crippen LogP contribution in [0.25, 0.3) is 0 Å². The topological polar surface area (TPSA) is 58.9 Å². The van der Waals surface area contributed by atoms with Gasteiger partial charge in [0.15, 0.2) is 0 Å². The van der Waals surface area contributed by atoms with Crippen LogP contribution >= 0.6 is 0 Å². The summed E-state index contributed by atoms with van der Waals surface area (Å²) >= 11 is 0. The number of benzene rings is 2. The van der Waals surface area contributed by atoms with Crippen molar-refractivity contribution in [2.45, 2.75) is 20.0 Å². The Labute approximate surface area is 125 Å². The summed E-state index contributed by atoms with van der Waals surface area (Å²) in [5, 5.41) is 18.5. The summed E-state index contributed by atoms with van der Waals surface area (Å²) in [6, 6.07) is 12.9. The van der Waals surface area contributed by atoms with Crippen molar-refractivity contribution < 1.29 is 19.5 Å². The molecule has 0 amide bonds. The molecule has 0 radical (unpaired) electrons. The SMILES string of the molecule is CCc1ccccc1OCc1cc(B(O)O)ccc1OC. The first-order chi connectivity index (χ1) is 10.2. The van der Waals surface area contributed by atoms with E-state index in [0.717, 1.165) is 23.3 Å². The van der Waals surface area contributed by atoms with Gasteiger partial charge < -0.3 is 19.5 Å². The first-order valence-electron chi connectivity index (χ1n) is 6.89. The lowest BCUT2D eigenvalue weighted by molar-refractivity contribution is 0.294. The van der Waals surface area contributed by atoms with E-state index in [-0.39, 0.29) is 0 Å². The summed E-state index contributed by atoms with van der Waals surface area (Å²) in [7, 11) is 0.0750. The largest absolute Gasteiger partial charge is 0.496 e. The Morgan fingerprint density at radius 2 is 1.76 bits per heavy atom. The van der Waals surface area contributed by atoms with Crippen LogP contribution in [0.1, 0.15) is 18.1 Å². The number of rotatable bonds is 6. The molecule has 0 aromatic heterocycles. The zero-order valence-corrected chi connectivity index (χ0v) is 12.2. The molecule has 0 fully saturated rings. The zero-order valence-electron chi connectivity index (χ0n) is 12.2. The third-order valence-electron chi connectivity index (χ3n) is 3.34. The molecule has 5 heteroatoms. The Kier molecular flexibility index (Phi) is 5.25. The number of para-hydroxylation sites is 1. The molecule has 0 atom stereocenters. The molecule has 2 aromatic rings. The van der Waals surface area contributed by atoms with Crippen LogP contribution < -0.4 is 14.9 Å². The average Bonchev–Trinajstić information content (AvgIpc) is 2.52. The highest BCUT2D eigenvalue weighted by atomic mass is 16.5. The molecule has 0 saturated heterocycles. The lowest BCUT2D eigenvalue weighted by atomic mass is 9.79. The van der Waals surface area contributed by atoms with Gasteiger partial charge >= 0.3 is 7.12 Å². The number of ether oxygens (including phenoxy) is 2. The van der Waals surface area contributed by atoms with Crippen LogP contribution in [-0.4, -0.2) is 24.3 Å². The van der Waals surface area contributed by atoms with Crippen LogP contribution in [0.5, 0.6) is 11.5 Å². The molecular weight excluding hydrogens is 267 g/mol. The van der Waals surface area contributed by atoms with E-state index in [4.69, 9.17) is 9.47 Å². The highest BCUT2D eigenvalue weighted by molar-refractivity contribution is 6.58. The lowest BCUT2D eigenvalue weighted by Crippen LogP contribution is -2.30. The third kappa shape index (κ3) is 3.77. The molecule has 2 rings (SSSR count). The molecule has 0 aliphatic heterocycles. The quantitative estimate of drug-likeness (QED) is 0.790. The predicted molar refractivity (Wildman–Crippen MR) is 83.0 cm³/mol. The van der Waals surface area contributed by atoms with Crippen molar-refractivity contribution in [3.63, 3.8) is 0 Å². The van der Waals surface area contributed by atoms with Gasteiger partial charge in [0.2, 0.25) is 0 Å². The van der Waals surface area contributed by atoms with Crippen molar-refractivity contribution in [2.24, 2.45) is 0 Å². The molecule has 0 heterocycles. The summed E-state index contributed by atoms with van der Waals surface area (Å²) in [6.45, 7) is 2.38. The maximum atomic E-state index is 9.25. The van der Waals surface area contributed by atoms with Gasteiger partial charge in [-0.05, 0) is 29.6 Å². The van der Waals surface area contributed by atoms with Gasteiger partial charge in [-0.25, -0.2) is 0 Å². The number of hydrogen-bond acceptors (Lipinski definition) is 4. The Balaban J connectivity index is 2.20. The van der Waals surface area contributed by atoms with Gasteiger partial charge in [-0.3, -0.25) is 0 Å². The Morgan fingerprint density at radius 1 is 1.00 bits per heavy atom. The molecule has 0 aliphatic rings. The van der Waals surface area contributed by atoms with Crippen molar-refractivity contribution in [2.75, 3.05) is 7.11 Å². The summed E-state index contributed by atoms with van der Waals surface area (Å²) in [5.74, 6) is 1.49. The molecule has 110 valence electrons. The highest BCUT2D eigenvalue weighted by Gasteiger charge is 2.14.